The Morgan fingerprint density at radius 3 is 2.77 bits per heavy atom. The first-order chi connectivity index (χ1) is 15.1. The smallest absolute Gasteiger partial charge is 0.282 e. The van der Waals surface area contributed by atoms with Crippen LogP contribution in [0.5, 0.6) is 5.75 Å². The number of para-hydroxylation sites is 1. The number of amides is 1. The second-order valence-corrected chi connectivity index (χ2v) is 7.59. The summed E-state index contributed by atoms with van der Waals surface area (Å²) < 4.78 is 6.41. The van der Waals surface area contributed by atoms with E-state index in [-0.39, 0.29) is 17.8 Å². The molecule has 8 nitrogen and oxygen atoms in total. The number of ether oxygens (including phenoxy) is 1. The summed E-state index contributed by atoms with van der Waals surface area (Å²) in [4.78, 5) is 34.6. The fourth-order valence-corrected chi connectivity index (χ4v) is 4.12. The average molecular weight is 434 g/mol. The van der Waals surface area contributed by atoms with Crippen molar-refractivity contribution in [2.45, 2.75) is 13.5 Å². The van der Waals surface area contributed by atoms with Crippen LogP contribution in [0.1, 0.15) is 22.8 Å². The molecule has 0 aliphatic rings. The molecule has 4 aromatic rings. The van der Waals surface area contributed by atoms with Crippen LogP contribution in [-0.4, -0.2) is 27.4 Å². The third-order valence-electron chi connectivity index (χ3n) is 4.53. The molecule has 1 amide bonds. The summed E-state index contributed by atoms with van der Waals surface area (Å²) in [7, 11) is 0. The maximum Gasteiger partial charge on any atom is 0.282 e. The molecule has 0 saturated heterocycles. The standard InChI is InChI=1S/C22H18N4O4S/c1-2-30-16-9-10-18-20(12-16)31-22(24-18)25(14-15-6-5-11-23-13-15)21(27)17-7-3-4-8-19(17)26(28)29/h3-13H,2,14H2,1H3. The molecule has 2 aromatic heterocycles. The minimum atomic E-state index is -0.553. The number of anilines is 1. The molecule has 2 heterocycles. The van der Waals surface area contributed by atoms with Gasteiger partial charge in [0.15, 0.2) is 5.13 Å². The molecule has 0 aliphatic carbocycles. The Kier molecular flexibility index (Phi) is 5.85. The van der Waals surface area contributed by atoms with E-state index in [4.69, 9.17) is 4.74 Å². The number of nitro groups is 1. The van der Waals surface area contributed by atoms with Crippen molar-refractivity contribution in [1.29, 1.82) is 0 Å². The van der Waals surface area contributed by atoms with E-state index in [1.54, 1.807) is 24.5 Å². The number of hydrogen-bond donors (Lipinski definition) is 0. The van der Waals surface area contributed by atoms with Gasteiger partial charge in [-0.2, -0.15) is 0 Å². The summed E-state index contributed by atoms with van der Waals surface area (Å²) in [5.41, 5.74) is 1.26. The fraction of sp³-hybridized carbons (Fsp3) is 0.136. The Hall–Kier alpha value is -3.85. The van der Waals surface area contributed by atoms with Gasteiger partial charge >= 0.3 is 0 Å². The number of rotatable bonds is 7. The average Bonchev–Trinajstić information content (AvgIpc) is 3.21. The van der Waals surface area contributed by atoms with Crippen molar-refractivity contribution >= 4 is 38.3 Å². The lowest BCUT2D eigenvalue weighted by Crippen LogP contribution is -2.31. The zero-order chi connectivity index (χ0) is 21.8. The predicted octanol–water partition coefficient (Wildman–Crippen LogP) is 4.85. The zero-order valence-corrected chi connectivity index (χ0v) is 17.4. The first kappa shape index (κ1) is 20.4. The van der Waals surface area contributed by atoms with Gasteiger partial charge in [-0.05, 0) is 42.8 Å². The van der Waals surface area contributed by atoms with Gasteiger partial charge in [0.05, 0.1) is 28.3 Å². The van der Waals surface area contributed by atoms with Crippen LogP contribution in [0.3, 0.4) is 0 Å². The SMILES string of the molecule is CCOc1ccc2nc(N(Cc3cccnc3)C(=O)c3ccccc3[N+](=O)[O-])sc2c1. The number of nitro benzene ring substituents is 1. The van der Waals surface area contributed by atoms with Crippen LogP contribution < -0.4 is 9.64 Å². The van der Waals surface area contributed by atoms with Crippen LogP contribution in [0.25, 0.3) is 10.2 Å². The van der Waals surface area contributed by atoms with Gasteiger partial charge in [0.25, 0.3) is 11.6 Å². The van der Waals surface area contributed by atoms with Crippen LogP contribution in [0.15, 0.2) is 67.0 Å². The molecule has 31 heavy (non-hydrogen) atoms. The van der Waals surface area contributed by atoms with Gasteiger partial charge in [-0.1, -0.05) is 29.5 Å². The Bertz CT molecular complexity index is 1240. The third kappa shape index (κ3) is 4.36. The van der Waals surface area contributed by atoms with Crippen LogP contribution in [0, 0.1) is 10.1 Å². The summed E-state index contributed by atoms with van der Waals surface area (Å²) in [6.45, 7) is 2.63. The lowest BCUT2D eigenvalue weighted by molar-refractivity contribution is -0.385. The van der Waals surface area contributed by atoms with Gasteiger partial charge in [0, 0.05) is 18.5 Å². The number of fused-ring (bicyclic) bond motifs is 1. The Balaban J connectivity index is 1.79. The number of thiazole rings is 1. The van der Waals surface area contributed by atoms with Gasteiger partial charge < -0.3 is 4.74 Å². The second-order valence-electron chi connectivity index (χ2n) is 6.59. The van der Waals surface area contributed by atoms with Crippen LogP contribution in [-0.2, 0) is 6.54 Å². The normalized spacial score (nSPS) is 10.7. The number of hydrogen-bond acceptors (Lipinski definition) is 7. The lowest BCUT2D eigenvalue weighted by atomic mass is 10.1. The zero-order valence-electron chi connectivity index (χ0n) is 16.6. The van der Waals surface area contributed by atoms with Crippen molar-refractivity contribution in [1.82, 2.24) is 9.97 Å². The van der Waals surface area contributed by atoms with Gasteiger partial charge in [-0.25, -0.2) is 4.98 Å². The minimum absolute atomic E-state index is 0.00523. The van der Waals surface area contributed by atoms with Crippen molar-refractivity contribution < 1.29 is 14.5 Å². The molecule has 0 saturated carbocycles. The number of carbonyl (C=O) groups excluding carboxylic acids is 1. The molecular weight excluding hydrogens is 416 g/mol. The summed E-state index contributed by atoms with van der Waals surface area (Å²) in [6.07, 6.45) is 3.30. The van der Waals surface area contributed by atoms with Crippen molar-refractivity contribution in [3.05, 3.63) is 88.2 Å². The fourth-order valence-electron chi connectivity index (χ4n) is 3.12. The lowest BCUT2D eigenvalue weighted by Gasteiger charge is -2.20. The summed E-state index contributed by atoms with van der Waals surface area (Å²) in [6, 6.07) is 15.1. The van der Waals surface area contributed by atoms with E-state index in [2.05, 4.69) is 9.97 Å². The molecule has 0 N–H and O–H groups in total. The van der Waals surface area contributed by atoms with Gasteiger partial charge in [0.2, 0.25) is 0 Å². The molecule has 0 bridgehead atoms. The van der Waals surface area contributed by atoms with Crippen molar-refractivity contribution in [2.75, 3.05) is 11.5 Å². The molecule has 2 aromatic carbocycles. The number of pyridine rings is 1. The van der Waals surface area contributed by atoms with Gasteiger partial charge in [0.1, 0.15) is 11.3 Å². The van der Waals surface area contributed by atoms with Crippen LogP contribution >= 0.6 is 11.3 Å². The molecular formula is C22H18N4O4S. The van der Waals surface area contributed by atoms with E-state index in [0.717, 1.165) is 15.8 Å². The number of nitrogens with zero attached hydrogens (tertiary/aromatic N) is 4. The van der Waals surface area contributed by atoms with Crippen LogP contribution in [0.4, 0.5) is 10.8 Å². The Morgan fingerprint density at radius 2 is 2.03 bits per heavy atom. The van der Waals surface area contributed by atoms with Crippen molar-refractivity contribution in [3.8, 4) is 5.75 Å². The van der Waals surface area contributed by atoms with E-state index in [1.807, 2.05) is 31.2 Å². The molecule has 0 atom stereocenters. The monoisotopic (exact) mass is 434 g/mol. The molecule has 0 fully saturated rings. The highest BCUT2D eigenvalue weighted by Gasteiger charge is 2.27. The van der Waals surface area contributed by atoms with E-state index >= 15 is 0 Å². The van der Waals surface area contributed by atoms with E-state index in [1.165, 1.54) is 34.4 Å². The largest absolute Gasteiger partial charge is 0.494 e. The Morgan fingerprint density at radius 1 is 1.19 bits per heavy atom. The minimum Gasteiger partial charge on any atom is -0.494 e. The molecule has 4 rings (SSSR count). The van der Waals surface area contributed by atoms with E-state index < -0.39 is 10.8 Å². The number of carbonyl (C=O) groups is 1. The highest BCUT2D eigenvalue weighted by molar-refractivity contribution is 7.22. The van der Waals surface area contributed by atoms with Gasteiger partial charge in [-0.3, -0.25) is 24.8 Å². The topological polar surface area (TPSA) is 98.5 Å². The van der Waals surface area contributed by atoms with Gasteiger partial charge in [-0.15, -0.1) is 0 Å². The second kappa shape index (κ2) is 8.88. The molecule has 0 aliphatic heterocycles. The highest BCUT2D eigenvalue weighted by atomic mass is 32.1. The highest BCUT2D eigenvalue weighted by Crippen LogP contribution is 2.34. The van der Waals surface area contributed by atoms with E-state index in [0.29, 0.717) is 17.5 Å². The van der Waals surface area contributed by atoms with Crippen molar-refractivity contribution in [3.63, 3.8) is 0 Å². The van der Waals surface area contributed by atoms with E-state index in [9.17, 15) is 14.9 Å². The molecule has 0 unspecified atom stereocenters. The first-order valence-corrected chi connectivity index (χ1v) is 10.4. The molecule has 0 radical (unpaired) electrons. The van der Waals surface area contributed by atoms with Crippen LogP contribution in [0.2, 0.25) is 0 Å². The Labute approximate surface area is 181 Å². The maximum absolute atomic E-state index is 13.5. The molecule has 0 spiro atoms. The number of benzene rings is 2. The number of aromatic nitrogens is 2. The molecule has 156 valence electrons. The summed E-state index contributed by atoms with van der Waals surface area (Å²) in [5, 5.41) is 11.9. The quantitative estimate of drug-likeness (QED) is 0.305. The molecule has 9 heteroatoms. The third-order valence-corrected chi connectivity index (χ3v) is 5.57. The van der Waals surface area contributed by atoms with Crippen molar-refractivity contribution in [2.24, 2.45) is 0 Å². The summed E-state index contributed by atoms with van der Waals surface area (Å²) >= 11 is 1.33. The summed E-state index contributed by atoms with van der Waals surface area (Å²) in [5.74, 6) is 0.217. The maximum atomic E-state index is 13.5. The first-order valence-electron chi connectivity index (χ1n) is 9.54. The predicted molar refractivity (Wildman–Crippen MR) is 119 cm³/mol.